The van der Waals surface area contributed by atoms with Gasteiger partial charge in [0.15, 0.2) is 10.9 Å². The third-order valence-electron chi connectivity index (χ3n) is 6.07. The number of hydrogen-bond acceptors (Lipinski definition) is 9. The van der Waals surface area contributed by atoms with E-state index in [1.165, 1.54) is 7.11 Å². The minimum absolute atomic E-state index is 0.258. The van der Waals surface area contributed by atoms with Crippen LogP contribution >= 0.6 is 12.0 Å². The van der Waals surface area contributed by atoms with E-state index in [1.54, 1.807) is 0 Å². The summed E-state index contributed by atoms with van der Waals surface area (Å²) in [6, 6.07) is 6.03. The summed E-state index contributed by atoms with van der Waals surface area (Å²) in [5.41, 5.74) is 5.51. The van der Waals surface area contributed by atoms with Gasteiger partial charge < -0.3 is 4.90 Å². The lowest BCUT2D eigenvalue weighted by molar-refractivity contribution is -0.158. The van der Waals surface area contributed by atoms with Crippen LogP contribution in [0.15, 0.2) is 28.3 Å². The molecule has 0 spiro atoms. The monoisotopic (exact) mass is 510 g/mol. The first-order valence-corrected chi connectivity index (χ1v) is 12.8. The van der Waals surface area contributed by atoms with Crippen molar-refractivity contribution in [3.63, 3.8) is 0 Å². The second-order valence-electron chi connectivity index (χ2n) is 9.62. The number of pyridine rings is 1. The highest BCUT2D eigenvalue weighted by molar-refractivity contribution is 8.11. The number of imidazole rings is 1. The third kappa shape index (κ3) is 4.82. The number of fused-ring (bicyclic) bond motifs is 1. The van der Waals surface area contributed by atoms with E-state index in [4.69, 9.17) is 29.3 Å². The standard InChI is InChI=1S/C25H34N8O2S/c1-10-32(11-2)19-13-12-17(16(4)26-19)27-21-23-28-20(18-14-15(3)31(8)29-18)22(25(5,6)7)33(23)30-24(21)36-35-34-9/h12-14H,10-11H2,1-9H3. The van der Waals surface area contributed by atoms with Crippen LogP contribution in [0.1, 0.15) is 57.5 Å². The van der Waals surface area contributed by atoms with Gasteiger partial charge in [-0.1, -0.05) is 20.8 Å². The van der Waals surface area contributed by atoms with Gasteiger partial charge in [0.1, 0.15) is 22.9 Å². The summed E-state index contributed by atoms with van der Waals surface area (Å²) in [6.07, 6.45) is 0. The fraction of sp³-hybridized carbons (Fsp3) is 0.480. The van der Waals surface area contributed by atoms with Crippen LogP contribution in [-0.2, 0) is 21.7 Å². The molecular weight excluding hydrogens is 476 g/mol. The molecule has 0 aromatic carbocycles. The van der Waals surface area contributed by atoms with Gasteiger partial charge in [-0.15, -0.1) is 0 Å². The van der Waals surface area contributed by atoms with E-state index < -0.39 is 0 Å². The van der Waals surface area contributed by atoms with Crippen molar-refractivity contribution < 1.29 is 9.22 Å². The lowest BCUT2D eigenvalue weighted by Crippen LogP contribution is -2.23. The van der Waals surface area contributed by atoms with Gasteiger partial charge in [0.2, 0.25) is 0 Å². The largest absolute Gasteiger partial charge is 0.357 e. The first-order valence-electron chi connectivity index (χ1n) is 12.0. The Morgan fingerprint density at radius 3 is 2.39 bits per heavy atom. The van der Waals surface area contributed by atoms with Gasteiger partial charge in [-0.25, -0.2) is 24.5 Å². The molecule has 36 heavy (non-hydrogen) atoms. The number of hydrogen-bond donors (Lipinski definition) is 0. The Morgan fingerprint density at radius 1 is 1.11 bits per heavy atom. The van der Waals surface area contributed by atoms with Gasteiger partial charge >= 0.3 is 0 Å². The quantitative estimate of drug-likeness (QED) is 0.252. The molecule has 0 bridgehead atoms. The van der Waals surface area contributed by atoms with Crippen LogP contribution in [-0.4, -0.2) is 55.4 Å². The van der Waals surface area contributed by atoms with Gasteiger partial charge in [-0.3, -0.25) is 4.68 Å². The molecule has 3 aromatic rings. The maximum Gasteiger partial charge on any atom is 0.183 e. The summed E-state index contributed by atoms with van der Waals surface area (Å²) in [7, 11) is 3.39. The maximum absolute atomic E-state index is 5.18. The minimum atomic E-state index is -0.258. The van der Waals surface area contributed by atoms with E-state index in [0.717, 1.165) is 65.1 Å². The van der Waals surface area contributed by atoms with Gasteiger partial charge in [0, 0.05) is 31.2 Å². The van der Waals surface area contributed by atoms with Crippen molar-refractivity contribution in [1.29, 1.82) is 0 Å². The Hall–Kier alpha value is -3.02. The fourth-order valence-corrected chi connectivity index (χ4v) is 4.61. The van der Waals surface area contributed by atoms with Crippen molar-refractivity contribution >= 4 is 34.3 Å². The van der Waals surface area contributed by atoms with E-state index in [1.807, 2.05) is 48.5 Å². The molecule has 1 aliphatic rings. The summed E-state index contributed by atoms with van der Waals surface area (Å²) >= 11 is 1.01. The summed E-state index contributed by atoms with van der Waals surface area (Å²) in [5, 5.41) is 10.1. The summed E-state index contributed by atoms with van der Waals surface area (Å²) in [6.45, 7) is 16.4. The molecule has 3 aromatic heterocycles. The molecule has 1 aliphatic heterocycles. The Morgan fingerprint density at radius 2 is 1.83 bits per heavy atom. The van der Waals surface area contributed by atoms with Crippen molar-refractivity contribution in [2.75, 3.05) is 25.1 Å². The first-order chi connectivity index (χ1) is 17.1. The zero-order chi connectivity index (χ0) is 26.2. The zero-order valence-corrected chi connectivity index (χ0v) is 23.3. The number of aliphatic imine (C=N–C) groups is 1. The number of nitrogens with zero attached hydrogens (tertiary/aromatic N) is 8. The highest BCUT2D eigenvalue weighted by Crippen LogP contribution is 2.37. The second kappa shape index (κ2) is 10.2. The Bertz CT molecular complexity index is 1310. The van der Waals surface area contributed by atoms with E-state index in [-0.39, 0.29) is 5.41 Å². The molecule has 4 rings (SSSR count). The number of aromatic nitrogens is 5. The van der Waals surface area contributed by atoms with Crippen molar-refractivity contribution in [1.82, 2.24) is 24.4 Å². The molecule has 0 amide bonds. The number of anilines is 1. The molecule has 10 nitrogen and oxygen atoms in total. The second-order valence-corrected chi connectivity index (χ2v) is 10.3. The molecule has 0 saturated heterocycles. The highest BCUT2D eigenvalue weighted by atomic mass is 32.2. The molecule has 192 valence electrons. The van der Waals surface area contributed by atoms with Crippen molar-refractivity contribution in [3.05, 3.63) is 41.1 Å². The summed E-state index contributed by atoms with van der Waals surface area (Å²) in [4.78, 5) is 21.8. The Labute approximate surface area is 216 Å². The SMILES string of the molecule is CCN(CC)c1ccc(N=C2C(SOOC)=Nn3c2nc(-c2cc(C)n(C)n2)c3C(C)(C)C)c(C)n1. The summed E-state index contributed by atoms with van der Waals surface area (Å²) < 4.78 is 8.89. The first kappa shape index (κ1) is 26.1. The van der Waals surface area contributed by atoms with Crippen LogP contribution in [0, 0.1) is 13.8 Å². The molecule has 0 aliphatic carbocycles. The van der Waals surface area contributed by atoms with Gasteiger partial charge in [-0.2, -0.15) is 14.5 Å². The summed E-state index contributed by atoms with van der Waals surface area (Å²) in [5.74, 6) is 1.57. The normalized spacial score (nSPS) is 14.5. The van der Waals surface area contributed by atoms with Crippen molar-refractivity contribution in [2.24, 2.45) is 17.1 Å². The topological polar surface area (TPSA) is 95.0 Å². The molecule has 0 atom stereocenters. The van der Waals surface area contributed by atoms with Crippen LogP contribution in [0.4, 0.5) is 11.5 Å². The lowest BCUT2D eigenvalue weighted by atomic mass is 9.90. The molecule has 0 saturated carbocycles. The van der Waals surface area contributed by atoms with Crippen LogP contribution < -0.4 is 4.90 Å². The minimum Gasteiger partial charge on any atom is -0.357 e. The molecular formula is C25H34N8O2S. The predicted octanol–water partition coefficient (Wildman–Crippen LogP) is 4.96. The predicted molar refractivity (Wildman–Crippen MR) is 145 cm³/mol. The van der Waals surface area contributed by atoms with Crippen LogP contribution in [0.2, 0.25) is 0 Å². The van der Waals surface area contributed by atoms with E-state index in [0.29, 0.717) is 16.6 Å². The third-order valence-corrected chi connectivity index (χ3v) is 6.71. The molecule has 0 N–H and O–H groups in total. The average Bonchev–Trinajstić information content (AvgIpc) is 3.46. The smallest absolute Gasteiger partial charge is 0.183 e. The van der Waals surface area contributed by atoms with Crippen molar-refractivity contribution in [2.45, 2.75) is 53.9 Å². The van der Waals surface area contributed by atoms with E-state index in [2.05, 4.69) is 44.6 Å². The number of rotatable bonds is 7. The molecule has 11 heteroatoms. The van der Waals surface area contributed by atoms with Gasteiger partial charge in [0.25, 0.3) is 0 Å². The zero-order valence-electron chi connectivity index (χ0n) is 22.4. The van der Waals surface area contributed by atoms with Crippen LogP contribution in [0.3, 0.4) is 0 Å². The number of aryl methyl sites for hydroxylation is 3. The molecule has 0 unspecified atom stereocenters. The molecule has 0 radical (unpaired) electrons. The van der Waals surface area contributed by atoms with Crippen molar-refractivity contribution in [3.8, 4) is 11.4 Å². The molecule has 0 fully saturated rings. The van der Waals surface area contributed by atoms with Crippen LogP contribution in [0.5, 0.6) is 0 Å². The Balaban J connectivity index is 1.88. The van der Waals surface area contributed by atoms with E-state index in [9.17, 15) is 0 Å². The lowest BCUT2D eigenvalue weighted by Gasteiger charge is -2.20. The fourth-order valence-electron chi connectivity index (χ4n) is 4.15. The van der Waals surface area contributed by atoms with Gasteiger partial charge in [0.05, 0.1) is 36.2 Å². The maximum atomic E-state index is 5.18. The van der Waals surface area contributed by atoms with E-state index >= 15 is 0 Å². The highest BCUT2D eigenvalue weighted by Gasteiger charge is 2.36. The average molecular weight is 511 g/mol. The molecule has 4 heterocycles. The van der Waals surface area contributed by atoms with Gasteiger partial charge in [-0.05, 0) is 45.9 Å². The van der Waals surface area contributed by atoms with Crippen LogP contribution in [0.25, 0.3) is 11.4 Å². The Kier molecular flexibility index (Phi) is 7.35.